The minimum Gasteiger partial charge on any atom is -0.494 e. The molecule has 1 heterocycles. The third-order valence-electron chi connectivity index (χ3n) is 3.15. The van der Waals surface area contributed by atoms with E-state index in [4.69, 9.17) is 4.74 Å². The maximum atomic E-state index is 5.39. The van der Waals surface area contributed by atoms with Crippen molar-refractivity contribution in [2.75, 3.05) is 25.0 Å². The Balaban J connectivity index is 1.84. The highest BCUT2D eigenvalue weighted by Gasteiger charge is 2.04. The van der Waals surface area contributed by atoms with Crippen LogP contribution in [0, 0.1) is 0 Å². The molecule has 2 rings (SSSR count). The van der Waals surface area contributed by atoms with Gasteiger partial charge < -0.3 is 15.4 Å². The van der Waals surface area contributed by atoms with Crippen molar-refractivity contribution in [3.8, 4) is 0 Å². The van der Waals surface area contributed by atoms with E-state index in [1.54, 1.807) is 6.08 Å². The second-order valence-electron chi connectivity index (χ2n) is 4.82. The van der Waals surface area contributed by atoms with Crippen LogP contribution in [0.2, 0.25) is 0 Å². The molecule has 1 aliphatic rings. The molecule has 0 aromatic heterocycles. The molecule has 0 amide bonds. The fraction of sp³-hybridized carbons (Fsp3) is 0.278. The standard InChI is InChI=1S/C18H23N3O/c1-3-17(22-4-2)8-6-5-7-15-9-11-16(12-10-15)21-18-19-13-14-20-18/h3,5-6,8-12H,1,4,7,13-14H2,2H3,(H2,19,20,21). The molecule has 0 aliphatic carbocycles. The van der Waals surface area contributed by atoms with Crippen LogP contribution in [0.15, 0.2) is 65.9 Å². The maximum Gasteiger partial charge on any atom is 0.195 e. The molecule has 1 aliphatic heterocycles. The van der Waals surface area contributed by atoms with Gasteiger partial charge in [0.15, 0.2) is 5.96 Å². The van der Waals surface area contributed by atoms with Crippen LogP contribution in [0.5, 0.6) is 0 Å². The summed E-state index contributed by atoms with van der Waals surface area (Å²) in [7, 11) is 0. The van der Waals surface area contributed by atoms with Gasteiger partial charge in [-0.3, -0.25) is 4.99 Å². The van der Waals surface area contributed by atoms with Crippen molar-refractivity contribution in [1.82, 2.24) is 5.32 Å². The zero-order valence-corrected chi connectivity index (χ0v) is 13.0. The zero-order valence-electron chi connectivity index (χ0n) is 13.0. The molecule has 2 N–H and O–H groups in total. The van der Waals surface area contributed by atoms with Gasteiger partial charge >= 0.3 is 0 Å². The minimum absolute atomic E-state index is 0.653. The van der Waals surface area contributed by atoms with Gasteiger partial charge in [0.2, 0.25) is 0 Å². The van der Waals surface area contributed by atoms with Gasteiger partial charge in [-0.05, 0) is 43.2 Å². The molecule has 22 heavy (non-hydrogen) atoms. The molecule has 0 saturated heterocycles. The van der Waals surface area contributed by atoms with Gasteiger partial charge in [0.25, 0.3) is 0 Å². The smallest absolute Gasteiger partial charge is 0.195 e. The number of rotatable bonds is 7. The number of nitrogens with zero attached hydrogens (tertiary/aromatic N) is 1. The van der Waals surface area contributed by atoms with Crippen LogP contribution in [-0.2, 0) is 11.2 Å². The first-order valence-electron chi connectivity index (χ1n) is 7.58. The molecule has 116 valence electrons. The summed E-state index contributed by atoms with van der Waals surface area (Å²) in [4.78, 5) is 4.31. The Kier molecular flexibility index (Phi) is 6.30. The number of nitrogens with one attached hydrogen (secondary N) is 2. The number of anilines is 1. The number of aliphatic imine (C=N–C) groups is 1. The number of hydrogen-bond acceptors (Lipinski definition) is 4. The second kappa shape index (κ2) is 8.72. The summed E-state index contributed by atoms with van der Waals surface area (Å²) in [5.41, 5.74) is 2.30. The molecule has 0 unspecified atom stereocenters. The molecule has 0 radical (unpaired) electrons. The number of benzene rings is 1. The maximum absolute atomic E-state index is 5.39. The Bertz CT molecular complexity index is 570. The Hall–Kier alpha value is -2.49. The summed E-state index contributed by atoms with van der Waals surface area (Å²) in [6, 6.07) is 8.36. The van der Waals surface area contributed by atoms with E-state index in [2.05, 4.69) is 52.5 Å². The lowest BCUT2D eigenvalue weighted by molar-refractivity contribution is 0.243. The molecule has 1 aromatic rings. The summed E-state index contributed by atoms with van der Waals surface area (Å²) in [6.45, 7) is 8.08. The average molecular weight is 297 g/mol. The highest BCUT2D eigenvalue weighted by Crippen LogP contribution is 2.11. The first kappa shape index (κ1) is 15.9. The van der Waals surface area contributed by atoms with Crippen LogP contribution in [0.3, 0.4) is 0 Å². The number of allylic oxidation sites excluding steroid dienone is 4. The Morgan fingerprint density at radius 2 is 2.23 bits per heavy atom. The van der Waals surface area contributed by atoms with Gasteiger partial charge in [0.05, 0.1) is 13.2 Å². The average Bonchev–Trinajstić information content (AvgIpc) is 3.05. The van der Waals surface area contributed by atoms with Crippen LogP contribution in [-0.4, -0.2) is 25.7 Å². The van der Waals surface area contributed by atoms with E-state index in [1.165, 1.54) is 5.56 Å². The number of guanidine groups is 1. The lowest BCUT2D eigenvalue weighted by atomic mass is 10.1. The van der Waals surface area contributed by atoms with Crippen LogP contribution in [0.1, 0.15) is 12.5 Å². The molecule has 0 atom stereocenters. The summed E-state index contributed by atoms with van der Waals surface area (Å²) in [5.74, 6) is 1.65. The normalized spacial score (nSPS) is 14.6. The van der Waals surface area contributed by atoms with Crippen molar-refractivity contribution in [2.45, 2.75) is 13.3 Å². The van der Waals surface area contributed by atoms with E-state index < -0.39 is 0 Å². The SMILES string of the molecule is C=CC(=CC=CCc1ccc(NC2=NCCN2)cc1)OCC. The Morgan fingerprint density at radius 3 is 2.86 bits per heavy atom. The van der Waals surface area contributed by atoms with Gasteiger partial charge in [-0.2, -0.15) is 0 Å². The van der Waals surface area contributed by atoms with Crippen LogP contribution in [0.4, 0.5) is 5.69 Å². The Labute approximate surface area is 132 Å². The fourth-order valence-electron chi connectivity index (χ4n) is 2.05. The highest BCUT2D eigenvalue weighted by molar-refractivity contribution is 5.94. The number of hydrogen-bond donors (Lipinski definition) is 2. The summed E-state index contributed by atoms with van der Waals surface area (Å²) < 4.78 is 5.39. The highest BCUT2D eigenvalue weighted by atomic mass is 16.5. The first-order chi connectivity index (χ1) is 10.8. The third-order valence-corrected chi connectivity index (χ3v) is 3.15. The van der Waals surface area contributed by atoms with E-state index in [0.717, 1.165) is 36.9 Å². The molecule has 1 aromatic carbocycles. The van der Waals surface area contributed by atoms with Crippen molar-refractivity contribution in [2.24, 2.45) is 4.99 Å². The minimum atomic E-state index is 0.653. The quantitative estimate of drug-likeness (QED) is 0.600. The zero-order chi connectivity index (χ0) is 15.6. The van der Waals surface area contributed by atoms with Crippen molar-refractivity contribution >= 4 is 11.6 Å². The molecule has 4 nitrogen and oxygen atoms in total. The van der Waals surface area contributed by atoms with Gasteiger partial charge in [-0.1, -0.05) is 30.9 Å². The predicted octanol–water partition coefficient (Wildman–Crippen LogP) is 3.26. The monoisotopic (exact) mass is 297 g/mol. The van der Waals surface area contributed by atoms with E-state index in [1.807, 2.05) is 19.1 Å². The summed E-state index contributed by atoms with van der Waals surface area (Å²) >= 11 is 0. The van der Waals surface area contributed by atoms with Gasteiger partial charge in [0.1, 0.15) is 5.76 Å². The van der Waals surface area contributed by atoms with E-state index in [0.29, 0.717) is 6.61 Å². The van der Waals surface area contributed by atoms with Crippen molar-refractivity contribution < 1.29 is 4.74 Å². The predicted molar refractivity (Wildman–Crippen MR) is 93.1 cm³/mol. The molecule has 0 saturated carbocycles. The Morgan fingerprint density at radius 1 is 1.41 bits per heavy atom. The molecular weight excluding hydrogens is 274 g/mol. The van der Waals surface area contributed by atoms with E-state index in [9.17, 15) is 0 Å². The molecule has 0 spiro atoms. The summed E-state index contributed by atoms with van der Waals surface area (Å²) in [5, 5.41) is 6.44. The fourth-order valence-corrected chi connectivity index (χ4v) is 2.05. The van der Waals surface area contributed by atoms with Gasteiger partial charge in [0, 0.05) is 12.2 Å². The molecule has 4 heteroatoms. The van der Waals surface area contributed by atoms with Crippen LogP contribution < -0.4 is 10.6 Å². The summed E-state index contributed by atoms with van der Waals surface area (Å²) in [6.07, 6.45) is 8.63. The lowest BCUT2D eigenvalue weighted by Gasteiger charge is -2.06. The molecule has 0 fully saturated rings. The van der Waals surface area contributed by atoms with Crippen molar-refractivity contribution in [3.63, 3.8) is 0 Å². The van der Waals surface area contributed by atoms with Gasteiger partial charge in [-0.25, -0.2) is 0 Å². The lowest BCUT2D eigenvalue weighted by Crippen LogP contribution is -2.26. The van der Waals surface area contributed by atoms with Gasteiger partial charge in [-0.15, -0.1) is 0 Å². The third kappa shape index (κ3) is 5.13. The largest absolute Gasteiger partial charge is 0.494 e. The number of ether oxygens (including phenoxy) is 1. The topological polar surface area (TPSA) is 45.7 Å². The van der Waals surface area contributed by atoms with Crippen LogP contribution in [0.25, 0.3) is 0 Å². The second-order valence-corrected chi connectivity index (χ2v) is 4.82. The van der Waals surface area contributed by atoms with E-state index >= 15 is 0 Å². The first-order valence-corrected chi connectivity index (χ1v) is 7.58. The van der Waals surface area contributed by atoms with Crippen molar-refractivity contribution in [3.05, 3.63) is 66.5 Å². The van der Waals surface area contributed by atoms with Crippen molar-refractivity contribution in [1.29, 1.82) is 0 Å². The molecular formula is C18H23N3O. The van der Waals surface area contributed by atoms with E-state index in [-0.39, 0.29) is 0 Å². The molecule has 0 bridgehead atoms. The van der Waals surface area contributed by atoms with Crippen LogP contribution >= 0.6 is 0 Å².